The van der Waals surface area contributed by atoms with Crippen molar-refractivity contribution in [2.75, 3.05) is 7.11 Å². The van der Waals surface area contributed by atoms with Gasteiger partial charge in [0.15, 0.2) is 17.2 Å². The minimum absolute atomic E-state index is 0.114. The van der Waals surface area contributed by atoms with Crippen LogP contribution in [0, 0.1) is 0 Å². The summed E-state index contributed by atoms with van der Waals surface area (Å²) < 4.78 is 17.8. The van der Waals surface area contributed by atoms with Crippen molar-refractivity contribution in [1.29, 1.82) is 0 Å². The molecule has 0 atom stereocenters. The first-order valence-corrected chi connectivity index (χ1v) is 11.0. The zero-order valence-corrected chi connectivity index (χ0v) is 19.9. The lowest BCUT2D eigenvalue weighted by atomic mass is 10.1. The Hall–Kier alpha value is -2.80. The SMILES string of the molecule is COc1cccc(/C=C2\N=C(c3ccc(Cl)cc3Cl)OC2=O)c1OCc1ccc(Br)cc1. The summed E-state index contributed by atoms with van der Waals surface area (Å²) in [5, 5.41) is 0.814. The van der Waals surface area contributed by atoms with Gasteiger partial charge in [-0.25, -0.2) is 9.79 Å². The van der Waals surface area contributed by atoms with Crippen molar-refractivity contribution >= 4 is 57.1 Å². The number of hydrogen-bond donors (Lipinski definition) is 0. The van der Waals surface area contributed by atoms with Gasteiger partial charge in [-0.15, -0.1) is 0 Å². The highest BCUT2D eigenvalue weighted by Gasteiger charge is 2.26. The summed E-state index contributed by atoms with van der Waals surface area (Å²) in [5.74, 6) is 0.551. The molecule has 0 saturated heterocycles. The molecule has 0 spiro atoms. The summed E-state index contributed by atoms with van der Waals surface area (Å²) >= 11 is 15.6. The molecule has 1 aliphatic heterocycles. The number of hydrogen-bond acceptors (Lipinski definition) is 5. The van der Waals surface area contributed by atoms with E-state index in [2.05, 4.69) is 20.9 Å². The Bertz CT molecular complexity index is 1240. The Kier molecular flexibility index (Phi) is 6.84. The zero-order valence-electron chi connectivity index (χ0n) is 16.8. The predicted octanol–water partition coefficient (Wildman–Crippen LogP) is 6.69. The van der Waals surface area contributed by atoms with Crippen LogP contribution in [0.4, 0.5) is 0 Å². The Labute approximate surface area is 203 Å². The molecule has 0 radical (unpaired) electrons. The first-order valence-electron chi connectivity index (χ1n) is 9.47. The summed E-state index contributed by atoms with van der Waals surface area (Å²) in [6.07, 6.45) is 1.60. The number of rotatable bonds is 6. The number of ether oxygens (including phenoxy) is 3. The molecule has 1 aliphatic rings. The molecule has 8 heteroatoms. The van der Waals surface area contributed by atoms with E-state index in [1.165, 1.54) is 0 Å². The Morgan fingerprint density at radius 1 is 1.09 bits per heavy atom. The van der Waals surface area contributed by atoms with Crippen LogP contribution in [-0.4, -0.2) is 19.0 Å². The van der Waals surface area contributed by atoms with Gasteiger partial charge in [0.05, 0.1) is 17.7 Å². The third-order valence-corrected chi connectivity index (χ3v) is 5.68. The third-order valence-electron chi connectivity index (χ3n) is 4.60. The van der Waals surface area contributed by atoms with Crippen molar-refractivity contribution < 1.29 is 19.0 Å². The summed E-state index contributed by atoms with van der Waals surface area (Å²) in [7, 11) is 1.56. The van der Waals surface area contributed by atoms with Gasteiger partial charge < -0.3 is 14.2 Å². The maximum absolute atomic E-state index is 12.5. The first-order chi connectivity index (χ1) is 15.4. The normalized spacial score (nSPS) is 14.3. The van der Waals surface area contributed by atoms with Crippen LogP contribution in [0.1, 0.15) is 16.7 Å². The number of halogens is 3. The number of cyclic esters (lactones) is 1. The minimum atomic E-state index is -0.590. The van der Waals surface area contributed by atoms with Crippen molar-refractivity contribution in [2.45, 2.75) is 6.61 Å². The molecule has 0 unspecified atom stereocenters. The number of esters is 1. The van der Waals surface area contributed by atoms with Gasteiger partial charge in [-0.2, -0.15) is 0 Å². The molecule has 3 aromatic rings. The van der Waals surface area contributed by atoms with E-state index in [9.17, 15) is 4.79 Å². The summed E-state index contributed by atoms with van der Waals surface area (Å²) in [6, 6.07) is 18.1. The molecular formula is C24H16BrCl2NO4. The molecule has 1 heterocycles. The number of carbonyl (C=O) groups excluding carboxylic acids is 1. The number of nitrogens with zero attached hydrogens (tertiary/aromatic N) is 1. The van der Waals surface area contributed by atoms with Crippen LogP contribution in [0.3, 0.4) is 0 Å². The van der Waals surface area contributed by atoms with E-state index in [-0.39, 0.29) is 11.6 Å². The molecule has 0 fully saturated rings. The molecule has 0 saturated carbocycles. The van der Waals surface area contributed by atoms with Gasteiger partial charge in [0.25, 0.3) is 0 Å². The maximum atomic E-state index is 12.5. The van der Waals surface area contributed by atoms with Gasteiger partial charge in [-0.1, -0.05) is 63.4 Å². The second-order valence-corrected chi connectivity index (χ2v) is 8.51. The van der Waals surface area contributed by atoms with E-state index in [4.69, 9.17) is 37.4 Å². The standard InChI is InChI=1S/C24H16BrCl2NO4/c1-30-21-4-2-3-15(22(21)31-13-14-5-7-16(25)8-6-14)11-20-24(29)32-23(28-20)18-10-9-17(26)12-19(18)27/h2-12H,13H2,1H3/b20-11-. The molecule has 3 aromatic carbocycles. The molecule has 0 N–H and O–H groups in total. The molecule has 162 valence electrons. The van der Waals surface area contributed by atoms with Crippen LogP contribution >= 0.6 is 39.1 Å². The average Bonchev–Trinajstić information content (AvgIpc) is 3.13. The number of aliphatic imine (C=N–C) groups is 1. The van der Waals surface area contributed by atoms with Crippen molar-refractivity contribution in [3.05, 3.63) is 97.6 Å². The third kappa shape index (κ3) is 4.99. The summed E-state index contributed by atoms with van der Waals surface area (Å²) in [5.41, 5.74) is 2.20. The molecule has 0 aromatic heterocycles. The Balaban J connectivity index is 1.66. The van der Waals surface area contributed by atoms with Gasteiger partial charge in [-0.05, 0) is 48.0 Å². The fourth-order valence-corrected chi connectivity index (χ4v) is 3.79. The quantitative estimate of drug-likeness (QED) is 0.262. The number of carbonyl (C=O) groups is 1. The lowest BCUT2D eigenvalue weighted by Gasteiger charge is -2.13. The Morgan fingerprint density at radius 3 is 2.59 bits per heavy atom. The molecule has 0 aliphatic carbocycles. The van der Waals surface area contributed by atoms with Crippen LogP contribution < -0.4 is 9.47 Å². The number of benzene rings is 3. The highest BCUT2D eigenvalue weighted by Crippen LogP contribution is 2.34. The van der Waals surface area contributed by atoms with E-state index >= 15 is 0 Å². The topological polar surface area (TPSA) is 57.1 Å². The summed E-state index contributed by atoms with van der Waals surface area (Å²) in [6.45, 7) is 0.323. The number of methoxy groups -OCH3 is 1. The highest BCUT2D eigenvalue weighted by atomic mass is 79.9. The van der Waals surface area contributed by atoms with Crippen LogP contribution in [0.15, 0.2) is 75.8 Å². The lowest BCUT2D eigenvalue weighted by molar-refractivity contribution is -0.129. The Morgan fingerprint density at radius 2 is 1.88 bits per heavy atom. The van der Waals surface area contributed by atoms with Gasteiger partial charge in [0.1, 0.15) is 6.61 Å². The fourth-order valence-electron chi connectivity index (χ4n) is 3.03. The largest absolute Gasteiger partial charge is 0.493 e. The van der Waals surface area contributed by atoms with Gasteiger partial charge >= 0.3 is 5.97 Å². The van der Waals surface area contributed by atoms with Gasteiger partial charge in [0, 0.05) is 15.1 Å². The molecule has 0 bridgehead atoms. The average molecular weight is 533 g/mol. The molecule has 32 heavy (non-hydrogen) atoms. The fraction of sp³-hybridized carbons (Fsp3) is 0.0833. The van der Waals surface area contributed by atoms with Crippen LogP contribution in [-0.2, 0) is 16.1 Å². The van der Waals surface area contributed by atoms with Crippen LogP contribution in [0.25, 0.3) is 6.08 Å². The maximum Gasteiger partial charge on any atom is 0.363 e. The van der Waals surface area contributed by atoms with E-state index in [1.54, 1.807) is 43.5 Å². The monoisotopic (exact) mass is 531 g/mol. The minimum Gasteiger partial charge on any atom is -0.493 e. The lowest BCUT2D eigenvalue weighted by Crippen LogP contribution is -2.06. The zero-order chi connectivity index (χ0) is 22.7. The van der Waals surface area contributed by atoms with E-state index in [1.807, 2.05) is 30.3 Å². The van der Waals surface area contributed by atoms with Crippen molar-refractivity contribution in [1.82, 2.24) is 0 Å². The second kappa shape index (κ2) is 9.77. The van der Waals surface area contributed by atoms with Crippen molar-refractivity contribution in [3.63, 3.8) is 0 Å². The molecule has 5 nitrogen and oxygen atoms in total. The smallest absolute Gasteiger partial charge is 0.363 e. The second-order valence-electron chi connectivity index (χ2n) is 6.75. The number of para-hydroxylation sites is 1. The molecule has 4 rings (SSSR count). The van der Waals surface area contributed by atoms with Crippen LogP contribution in [0.2, 0.25) is 10.0 Å². The van der Waals surface area contributed by atoms with E-state index < -0.39 is 5.97 Å². The van der Waals surface area contributed by atoms with Crippen molar-refractivity contribution in [3.8, 4) is 11.5 Å². The molecule has 0 amide bonds. The predicted molar refractivity (Wildman–Crippen MR) is 129 cm³/mol. The van der Waals surface area contributed by atoms with Crippen LogP contribution in [0.5, 0.6) is 11.5 Å². The first kappa shape index (κ1) is 22.4. The van der Waals surface area contributed by atoms with E-state index in [0.717, 1.165) is 10.0 Å². The van der Waals surface area contributed by atoms with Gasteiger partial charge in [-0.3, -0.25) is 0 Å². The summed E-state index contributed by atoms with van der Waals surface area (Å²) in [4.78, 5) is 16.8. The van der Waals surface area contributed by atoms with Gasteiger partial charge in [0.2, 0.25) is 5.90 Å². The highest BCUT2D eigenvalue weighted by molar-refractivity contribution is 9.10. The van der Waals surface area contributed by atoms with E-state index in [0.29, 0.717) is 39.3 Å². The molecular weight excluding hydrogens is 517 g/mol. The van der Waals surface area contributed by atoms with Crippen molar-refractivity contribution in [2.24, 2.45) is 4.99 Å².